The van der Waals surface area contributed by atoms with Gasteiger partial charge in [-0.05, 0) is 18.2 Å². The number of aromatic amines is 1. The summed E-state index contributed by atoms with van der Waals surface area (Å²) in [5.41, 5.74) is 2.58. The minimum Gasteiger partial charge on any atom is -0.319 e. The Balaban J connectivity index is 2.33. The normalized spacial score (nSPS) is 10.7. The zero-order valence-electron chi connectivity index (χ0n) is 9.35. The minimum atomic E-state index is -0.180. The van der Waals surface area contributed by atoms with Crippen molar-refractivity contribution in [1.29, 1.82) is 0 Å². The Morgan fingerprint density at radius 2 is 1.72 bits per heavy atom. The predicted octanol–water partition coefficient (Wildman–Crippen LogP) is 3.35. The minimum absolute atomic E-state index is 0.180. The van der Waals surface area contributed by atoms with Gasteiger partial charge < -0.3 is 4.98 Å². The van der Waals surface area contributed by atoms with Crippen LogP contribution in [0.4, 0.5) is 0 Å². The molecule has 0 saturated heterocycles. The van der Waals surface area contributed by atoms with Crippen molar-refractivity contribution in [3.8, 4) is 11.3 Å². The maximum atomic E-state index is 12.0. The molecule has 2 aromatic carbocycles. The van der Waals surface area contributed by atoms with Gasteiger partial charge in [0.1, 0.15) is 5.69 Å². The number of H-pyrrole nitrogens is 1. The number of rotatable bonds is 1. The molecule has 1 N–H and O–H groups in total. The van der Waals surface area contributed by atoms with Gasteiger partial charge in [-0.15, -0.1) is 0 Å². The standard InChI is InChI=1S/C14H9BrN2O/c15-10-6-2-1-5-9(10)13-14(18)17-12-8-4-3-7-11(12)16-13/h1-8H,(H,17,18). The summed E-state index contributed by atoms with van der Waals surface area (Å²) in [4.78, 5) is 19.3. The van der Waals surface area contributed by atoms with Crippen LogP contribution in [-0.4, -0.2) is 9.97 Å². The monoisotopic (exact) mass is 300 g/mol. The molecular formula is C14H9BrN2O. The summed E-state index contributed by atoms with van der Waals surface area (Å²) in [6.45, 7) is 0. The van der Waals surface area contributed by atoms with Crippen molar-refractivity contribution in [2.24, 2.45) is 0 Å². The molecule has 0 saturated carbocycles. The molecule has 0 aliphatic heterocycles. The molecule has 0 amide bonds. The van der Waals surface area contributed by atoms with Crippen molar-refractivity contribution in [2.75, 3.05) is 0 Å². The molecule has 88 valence electrons. The fourth-order valence-electron chi connectivity index (χ4n) is 1.87. The van der Waals surface area contributed by atoms with Crippen LogP contribution < -0.4 is 5.56 Å². The van der Waals surface area contributed by atoms with Crippen LogP contribution in [0.2, 0.25) is 0 Å². The molecule has 18 heavy (non-hydrogen) atoms. The third-order valence-electron chi connectivity index (χ3n) is 2.73. The average molecular weight is 301 g/mol. The quantitative estimate of drug-likeness (QED) is 0.749. The highest BCUT2D eigenvalue weighted by Gasteiger charge is 2.09. The Kier molecular flexibility index (Phi) is 2.72. The maximum Gasteiger partial charge on any atom is 0.275 e. The third kappa shape index (κ3) is 1.84. The zero-order chi connectivity index (χ0) is 12.5. The van der Waals surface area contributed by atoms with E-state index in [0.717, 1.165) is 21.1 Å². The van der Waals surface area contributed by atoms with E-state index in [9.17, 15) is 4.79 Å². The number of aromatic nitrogens is 2. The topological polar surface area (TPSA) is 45.8 Å². The van der Waals surface area contributed by atoms with Gasteiger partial charge in [-0.3, -0.25) is 4.79 Å². The smallest absolute Gasteiger partial charge is 0.275 e. The van der Waals surface area contributed by atoms with Crippen molar-refractivity contribution in [1.82, 2.24) is 9.97 Å². The molecule has 0 unspecified atom stereocenters. The van der Waals surface area contributed by atoms with Crippen LogP contribution in [-0.2, 0) is 0 Å². The van der Waals surface area contributed by atoms with E-state index >= 15 is 0 Å². The van der Waals surface area contributed by atoms with Gasteiger partial charge >= 0.3 is 0 Å². The van der Waals surface area contributed by atoms with E-state index in [1.165, 1.54) is 0 Å². The number of hydrogen-bond acceptors (Lipinski definition) is 2. The van der Waals surface area contributed by atoms with E-state index in [1.54, 1.807) is 0 Å². The molecular weight excluding hydrogens is 292 g/mol. The van der Waals surface area contributed by atoms with Gasteiger partial charge in [0, 0.05) is 10.0 Å². The van der Waals surface area contributed by atoms with Crippen molar-refractivity contribution < 1.29 is 0 Å². The maximum absolute atomic E-state index is 12.0. The fourth-order valence-corrected chi connectivity index (χ4v) is 2.34. The number of nitrogens with zero attached hydrogens (tertiary/aromatic N) is 1. The largest absolute Gasteiger partial charge is 0.319 e. The molecule has 0 spiro atoms. The van der Waals surface area contributed by atoms with Crippen LogP contribution in [0.15, 0.2) is 57.8 Å². The molecule has 1 aromatic heterocycles. The second-order valence-corrected chi connectivity index (χ2v) is 4.77. The number of hydrogen-bond donors (Lipinski definition) is 1. The number of fused-ring (bicyclic) bond motifs is 1. The SMILES string of the molecule is O=c1[nH]c2ccccc2nc1-c1ccccc1Br. The second-order valence-electron chi connectivity index (χ2n) is 3.91. The van der Waals surface area contributed by atoms with Crippen molar-refractivity contribution in [2.45, 2.75) is 0 Å². The molecule has 0 atom stereocenters. The average Bonchev–Trinajstić information content (AvgIpc) is 2.39. The first kappa shape index (κ1) is 11.2. The highest BCUT2D eigenvalue weighted by atomic mass is 79.9. The lowest BCUT2D eigenvalue weighted by atomic mass is 10.1. The molecule has 0 aliphatic carbocycles. The summed E-state index contributed by atoms with van der Waals surface area (Å²) in [7, 11) is 0. The van der Waals surface area contributed by atoms with Crippen molar-refractivity contribution in [3.05, 3.63) is 63.4 Å². The van der Waals surface area contributed by atoms with Crippen molar-refractivity contribution in [3.63, 3.8) is 0 Å². The molecule has 4 heteroatoms. The van der Waals surface area contributed by atoms with Crippen molar-refractivity contribution >= 4 is 27.0 Å². The molecule has 0 aliphatic rings. The van der Waals surface area contributed by atoms with Crippen LogP contribution in [0.25, 0.3) is 22.3 Å². The Labute approximate surface area is 112 Å². The molecule has 3 aromatic rings. The second kappa shape index (κ2) is 4.38. The number of nitrogens with one attached hydrogen (secondary N) is 1. The number of para-hydroxylation sites is 2. The highest BCUT2D eigenvalue weighted by molar-refractivity contribution is 9.10. The van der Waals surface area contributed by atoms with Gasteiger partial charge in [0.25, 0.3) is 5.56 Å². The van der Waals surface area contributed by atoms with E-state index < -0.39 is 0 Å². The Morgan fingerprint density at radius 1 is 1.00 bits per heavy atom. The van der Waals surface area contributed by atoms with Gasteiger partial charge in [-0.1, -0.05) is 46.3 Å². The molecule has 1 heterocycles. The molecule has 0 radical (unpaired) electrons. The predicted molar refractivity (Wildman–Crippen MR) is 75.5 cm³/mol. The van der Waals surface area contributed by atoms with Crippen LogP contribution in [0, 0.1) is 0 Å². The highest BCUT2D eigenvalue weighted by Crippen LogP contribution is 2.24. The van der Waals surface area contributed by atoms with E-state index in [4.69, 9.17) is 0 Å². The third-order valence-corrected chi connectivity index (χ3v) is 3.42. The first-order chi connectivity index (χ1) is 8.75. The Hall–Kier alpha value is -1.94. The van der Waals surface area contributed by atoms with E-state index in [2.05, 4.69) is 25.9 Å². The first-order valence-corrected chi connectivity index (χ1v) is 6.29. The molecule has 3 rings (SSSR count). The van der Waals surface area contributed by atoms with E-state index in [-0.39, 0.29) is 5.56 Å². The summed E-state index contributed by atoms with van der Waals surface area (Å²) in [5, 5.41) is 0. The lowest BCUT2D eigenvalue weighted by molar-refractivity contribution is 1.22. The Bertz CT molecular complexity index is 780. The van der Waals surface area contributed by atoms with E-state index in [0.29, 0.717) is 5.69 Å². The first-order valence-electron chi connectivity index (χ1n) is 5.50. The summed E-state index contributed by atoms with van der Waals surface area (Å²) in [6, 6.07) is 15.1. The van der Waals surface area contributed by atoms with Gasteiger partial charge in [-0.2, -0.15) is 0 Å². The van der Waals surface area contributed by atoms with Crippen LogP contribution >= 0.6 is 15.9 Å². The van der Waals surface area contributed by atoms with Gasteiger partial charge in [-0.25, -0.2) is 4.98 Å². The van der Waals surface area contributed by atoms with Crippen LogP contribution in [0.1, 0.15) is 0 Å². The summed E-state index contributed by atoms with van der Waals surface area (Å²) < 4.78 is 0.860. The summed E-state index contributed by atoms with van der Waals surface area (Å²) in [6.07, 6.45) is 0. The lowest BCUT2D eigenvalue weighted by Crippen LogP contribution is -2.11. The zero-order valence-corrected chi connectivity index (χ0v) is 10.9. The molecule has 3 nitrogen and oxygen atoms in total. The lowest BCUT2D eigenvalue weighted by Gasteiger charge is -2.04. The fraction of sp³-hybridized carbons (Fsp3) is 0. The van der Waals surface area contributed by atoms with Gasteiger partial charge in [0.2, 0.25) is 0 Å². The summed E-state index contributed by atoms with van der Waals surface area (Å²) in [5.74, 6) is 0. The molecule has 0 bridgehead atoms. The number of halogens is 1. The van der Waals surface area contributed by atoms with Crippen LogP contribution in [0.5, 0.6) is 0 Å². The van der Waals surface area contributed by atoms with Crippen LogP contribution in [0.3, 0.4) is 0 Å². The number of benzene rings is 2. The van der Waals surface area contributed by atoms with E-state index in [1.807, 2.05) is 48.5 Å². The van der Waals surface area contributed by atoms with Gasteiger partial charge in [0.05, 0.1) is 11.0 Å². The Morgan fingerprint density at radius 3 is 2.56 bits per heavy atom. The van der Waals surface area contributed by atoms with Gasteiger partial charge in [0.15, 0.2) is 0 Å². The molecule has 0 fully saturated rings. The summed E-state index contributed by atoms with van der Waals surface area (Å²) >= 11 is 3.44.